The number of alkyl carbamates (subject to hydrolysis) is 1. The van der Waals surface area contributed by atoms with Crippen LogP contribution in [0.25, 0.3) is 22.3 Å². The van der Waals surface area contributed by atoms with Gasteiger partial charge in [0.25, 0.3) is 0 Å². The Labute approximate surface area is 185 Å². The molecule has 32 heavy (non-hydrogen) atoms. The molecule has 0 aliphatic rings. The second-order valence-electron chi connectivity index (χ2n) is 8.45. The van der Waals surface area contributed by atoms with Gasteiger partial charge in [-0.3, -0.25) is 0 Å². The van der Waals surface area contributed by atoms with Crippen LogP contribution in [0.3, 0.4) is 0 Å². The number of hydrogen-bond donors (Lipinski definition) is 2. The Kier molecular flexibility index (Phi) is 5.85. The normalized spacial score (nSPS) is 12.5. The van der Waals surface area contributed by atoms with E-state index >= 15 is 0 Å². The number of rotatable bonds is 6. The third kappa shape index (κ3) is 4.91. The van der Waals surface area contributed by atoms with Crippen LogP contribution in [-0.2, 0) is 11.2 Å². The number of fused-ring (bicyclic) bond motifs is 1. The molecular formula is C24H26N4O4. The molecule has 2 heterocycles. The maximum atomic E-state index is 12.5. The second-order valence-corrected chi connectivity index (χ2v) is 8.45. The Balaban J connectivity index is 1.62. The van der Waals surface area contributed by atoms with Crippen molar-refractivity contribution in [2.24, 2.45) is 0 Å². The van der Waals surface area contributed by atoms with Crippen LogP contribution in [0.4, 0.5) is 4.79 Å². The van der Waals surface area contributed by atoms with Gasteiger partial charge in [-0.1, -0.05) is 23.4 Å². The van der Waals surface area contributed by atoms with E-state index in [9.17, 15) is 4.79 Å². The number of aromatic amines is 1. The molecule has 4 rings (SSSR count). The maximum absolute atomic E-state index is 12.5. The summed E-state index contributed by atoms with van der Waals surface area (Å²) in [4.78, 5) is 20.3. The summed E-state index contributed by atoms with van der Waals surface area (Å²) < 4.78 is 16.2. The number of carbonyl (C=O) groups is 1. The molecule has 0 fully saturated rings. The topological polar surface area (TPSA) is 102 Å². The highest BCUT2D eigenvalue weighted by Crippen LogP contribution is 2.26. The summed E-state index contributed by atoms with van der Waals surface area (Å²) in [7, 11) is 1.61. The number of para-hydroxylation sites is 1. The summed E-state index contributed by atoms with van der Waals surface area (Å²) in [6, 6.07) is 14.8. The van der Waals surface area contributed by atoms with Crippen LogP contribution in [0, 0.1) is 0 Å². The van der Waals surface area contributed by atoms with E-state index in [-0.39, 0.29) is 0 Å². The maximum Gasteiger partial charge on any atom is 0.408 e. The second kappa shape index (κ2) is 8.74. The molecule has 0 bridgehead atoms. The van der Waals surface area contributed by atoms with Gasteiger partial charge in [-0.25, -0.2) is 4.79 Å². The van der Waals surface area contributed by atoms with Crippen LogP contribution >= 0.6 is 0 Å². The van der Waals surface area contributed by atoms with Gasteiger partial charge in [0.1, 0.15) is 17.4 Å². The van der Waals surface area contributed by atoms with Crippen LogP contribution in [0.2, 0.25) is 0 Å². The van der Waals surface area contributed by atoms with Crippen LogP contribution in [0.5, 0.6) is 5.75 Å². The molecule has 8 heteroatoms. The predicted octanol–water partition coefficient (Wildman–Crippen LogP) is 5.04. The molecule has 0 radical (unpaired) electrons. The van der Waals surface area contributed by atoms with Gasteiger partial charge < -0.3 is 24.3 Å². The number of amides is 1. The highest BCUT2D eigenvalue weighted by atomic mass is 16.6. The standard InChI is InChI=1S/C24H26N4O4/c1-24(2,3)31-23(29)26-20(13-16-14-25-19-8-6-5-7-18(16)19)22-27-21(28-32-22)15-9-11-17(30-4)12-10-15/h5-12,14,20,25H,13H2,1-4H3,(H,26,29)/t20-/m0/s1. The molecule has 0 aliphatic heterocycles. The molecule has 0 aliphatic carbocycles. The molecule has 0 unspecified atom stereocenters. The number of methoxy groups -OCH3 is 1. The minimum atomic E-state index is -0.626. The van der Waals surface area contributed by atoms with E-state index in [0.29, 0.717) is 18.1 Å². The van der Waals surface area contributed by atoms with Crippen molar-refractivity contribution in [1.82, 2.24) is 20.4 Å². The Morgan fingerprint density at radius 1 is 1.16 bits per heavy atom. The third-order valence-corrected chi connectivity index (χ3v) is 4.88. The SMILES string of the molecule is COc1ccc(-c2noc([C@H](Cc3c[nH]c4ccccc34)NC(=O)OC(C)(C)C)n2)cc1. The fourth-order valence-corrected chi connectivity index (χ4v) is 3.40. The highest BCUT2D eigenvalue weighted by molar-refractivity contribution is 5.83. The van der Waals surface area contributed by atoms with Gasteiger partial charge in [-0.05, 0) is 56.7 Å². The van der Waals surface area contributed by atoms with Crippen molar-refractivity contribution in [1.29, 1.82) is 0 Å². The summed E-state index contributed by atoms with van der Waals surface area (Å²) in [6.07, 6.45) is 1.83. The number of H-pyrrole nitrogens is 1. The van der Waals surface area contributed by atoms with Gasteiger partial charge >= 0.3 is 6.09 Å². The van der Waals surface area contributed by atoms with Crippen molar-refractivity contribution in [3.63, 3.8) is 0 Å². The lowest BCUT2D eigenvalue weighted by Crippen LogP contribution is -2.35. The summed E-state index contributed by atoms with van der Waals surface area (Å²) >= 11 is 0. The quantitative estimate of drug-likeness (QED) is 0.441. The van der Waals surface area contributed by atoms with Gasteiger partial charge in [-0.15, -0.1) is 0 Å². The van der Waals surface area contributed by atoms with E-state index in [1.54, 1.807) is 7.11 Å². The van der Waals surface area contributed by atoms with Crippen molar-refractivity contribution in [2.45, 2.75) is 38.8 Å². The molecule has 8 nitrogen and oxygen atoms in total. The molecule has 4 aromatic rings. The molecule has 1 atom stereocenters. The summed E-state index contributed by atoms with van der Waals surface area (Å²) in [6.45, 7) is 5.45. The van der Waals surface area contributed by atoms with Crippen LogP contribution in [0.1, 0.15) is 38.3 Å². The van der Waals surface area contributed by atoms with Gasteiger partial charge in [0, 0.05) is 29.1 Å². The minimum absolute atomic E-state index is 0.298. The number of benzene rings is 2. The predicted molar refractivity (Wildman–Crippen MR) is 120 cm³/mol. The molecule has 0 saturated carbocycles. The first-order chi connectivity index (χ1) is 15.3. The molecule has 1 amide bonds. The number of hydrogen-bond acceptors (Lipinski definition) is 6. The van der Waals surface area contributed by atoms with Crippen molar-refractivity contribution < 1.29 is 18.8 Å². The number of nitrogens with zero attached hydrogens (tertiary/aromatic N) is 2. The molecule has 2 N–H and O–H groups in total. The average Bonchev–Trinajstić information content (AvgIpc) is 3.40. The molecule has 2 aromatic heterocycles. The van der Waals surface area contributed by atoms with Gasteiger partial charge in [0.2, 0.25) is 11.7 Å². The third-order valence-electron chi connectivity index (χ3n) is 4.88. The molecular weight excluding hydrogens is 408 g/mol. The summed E-state index contributed by atoms with van der Waals surface area (Å²) in [5.74, 6) is 1.46. The highest BCUT2D eigenvalue weighted by Gasteiger charge is 2.26. The summed E-state index contributed by atoms with van der Waals surface area (Å²) in [5.41, 5.74) is 2.19. The van der Waals surface area contributed by atoms with E-state index < -0.39 is 17.7 Å². The monoisotopic (exact) mass is 434 g/mol. The average molecular weight is 434 g/mol. The van der Waals surface area contributed by atoms with Crippen LogP contribution < -0.4 is 10.1 Å². The zero-order valence-corrected chi connectivity index (χ0v) is 18.5. The van der Waals surface area contributed by atoms with E-state index in [1.807, 2.05) is 75.5 Å². The Morgan fingerprint density at radius 3 is 2.62 bits per heavy atom. The first kappa shape index (κ1) is 21.4. The zero-order chi connectivity index (χ0) is 22.7. The van der Waals surface area contributed by atoms with E-state index in [4.69, 9.17) is 14.0 Å². The zero-order valence-electron chi connectivity index (χ0n) is 18.5. The van der Waals surface area contributed by atoms with E-state index in [1.165, 1.54) is 0 Å². The fourth-order valence-electron chi connectivity index (χ4n) is 3.40. The summed E-state index contributed by atoms with van der Waals surface area (Å²) in [5, 5.41) is 8.06. The first-order valence-electron chi connectivity index (χ1n) is 10.3. The Bertz CT molecular complexity index is 1200. The van der Waals surface area contributed by atoms with Crippen LogP contribution in [-0.4, -0.2) is 33.9 Å². The first-order valence-corrected chi connectivity index (χ1v) is 10.3. The smallest absolute Gasteiger partial charge is 0.408 e. The lowest BCUT2D eigenvalue weighted by Gasteiger charge is -2.22. The lowest BCUT2D eigenvalue weighted by atomic mass is 10.0. The van der Waals surface area contributed by atoms with Crippen molar-refractivity contribution in [3.05, 3.63) is 66.2 Å². The minimum Gasteiger partial charge on any atom is -0.497 e. The van der Waals surface area contributed by atoms with Gasteiger partial charge in [-0.2, -0.15) is 4.98 Å². The van der Waals surface area contributed by atoms with Crippen molar-refractivity contribution >= 4 is 17.0 Å². The van der Waals surface area contributed by atoms with E-state index in [0.717, 1.165) is 27.8 Å². The molecule has 2 aromatic carbocycles. The largest absolute Gasteiger partial charge is 0.497 e. The Morgan fingerprint density at radius 2 is 1.91 bits per heavy atom. The number of nitrogens with one attached hydrogen (secondary N) is 2. The van der Waals surface area contributed by atoms with Crippen LogP contribution in [0.15, 0.2) is 59.3 Å². The number of carbonyl (C=O) groups excluding carboxylic acids is 1. The number of ether oxygens (including phenoxy) is 2. The lowest BCUT2D eigenvalue weighted by molar-refractivity contribution is 0.0493. The fraction of sp³-hybridized carbons (Fsp3) is 0.292. The Hall–Kier alpha value is -3.81. The molecule has 166 valence electrons. The van der Waals surface area contributed by atoms with Gasteiger partial charge in [0.15, 0.2) is 0 Å². The number of aromatic nitrogens is 3. The molecule has 0 saturated heterocycles. The van der Waals surface area contributed by atoms with Crippen molar-refractivity contribution in [3.8, 4) is 17.1 Å². The molecule has 0 spiro atoms. The van der Waals surface area contributed by atoms with Gasteiger partial charge in [0.05, 0.1) is 7.11 Å². The van der Waals surface area contributed by atoms with Crippen molar-refractivity contribution in [2.75, 3.05) is 7.11 Å². The van der Waals surface area contributed by atoms with E-state index in [2.05, 4.69) is 20.4 Å².